The number of nitrogens with zero attached hydrogens (tertiary/aromatic N) is 2. The Bertz CT molecular complexity index is 441. The molecule has 0 saturated carbocycles. The summed E-state index contributed by atoms with van der Waals surface area (Å²) >= 11 is 5.89. The summed E-state index contributed by atoms with van der Waals surface area (Å²) in [7, 11) is 0. The van der Waals surface area contributed by atoms with E-state index in [4.69, 9.17) is 17.3 Å². The first-order chi connectivity index (χ1) is 9.60. The number of piperazine rings is 1. The van der Waals surface area contributed by atoms with Crippen molar-refractivity contribution in [2.24, 2.45) is 5.73 Å². The molecule has 0 bridgehead atoms. The number of amides is 1. The van der Waals surface area contributed by atoms with Crippen LogP contribution in [0.5, 0.6) is 0 Å². The third-order valence-electron chi connectivity index (χ3n) is 3.97. The Morgan fingerprint density at radius 1 is 1.20 bits per heavy atom. The third-order valence-corrected chi connectivity index (χ3v) is 4.22. The smallest absolute Gasteiger partial charge is 0.226 e. The van der Waals surface area contributed by atoms with Crippen molar-refractivity contribution in [1.82, 2.24) is 9.80 Å². The number of benzene rings is 1. The highest BCUT2D eigenvalue weighted by Crippen LogP contribution is 2.20. The van der Waals surface area contributed by atoms with E-state index < -0.39 is 0 Å². The van der Waals surface area contributed by atoms with Crippen LogP contribution in [0.15, 0.2) is 24.3 Å². The number of primary amides is 1. The first-order valence-electron chi connectivity index (χ1n) is 7.09. The largest absolute Gasteiger partial charge is 0.369 e. The van der Waals surface area contributed by atoms with E-state index in [0.29, 0.717) is 11.6 Å². The van der Waals surface area contributed by atoms with Gasteiger partial charge in [0.05, 0.1) is 5.92 Å². The molecule has 1 aromatic carbocycles. The molecule has 110 valence electrons. The molecule has 1 aliphatic rings. The maximum atomic E-state index is 11.7. The lowest BCUT2D eigenvalue weighted by Crippen LogP contribution is -2.48. The SMILES string of the molecule is CCN1CCN(C[C@@H](C(N)=O)c2ccc(Cl)cc2)CC1. The second-order valence-electron chi connectivity index (χ2n) is 5.24. The molecule has 2 N–H and O–H groups in total. The standard InChI is InChI=1S/C15H22ClN3O/c1-2-18-7-9-19(10-8-18)11-14(15(17)20)12-3-5-13(16)6-4-12/h3-6,14H,2,7-11H2,1H3,(H2,17,20)/t14-/m1/s1. The van der Waals surface area contributed by atoms with Crippen molar-refractivity contribution in [3.8, 4) is 0 Å². The number of rotatable bonds is 5. The number of carbonyl (C=O) groups excluding carboxylic acids is 1. The highest BCUT2D eigenvalue weighted by Gasteiger charge is 2.23. The first kappa shape index (κ1) is 15.3. The first-order valence-corrected chi connectivity index (χ1v) is 7.47. The molecule has 1 heterocycles. The Morgan fingerprint density at radius 2 is 1.75 bits per heavy atom. The van der Waals surface area contributed by atoms with Gasteiger partial charge in [0.25, 0.3) is 0 Å². The van der Waals surface area contributed by atoms with Gasteiger partial charge in [-0.15, -0.1) is 0 Å². The molecule has 1 saturated heterocycles. The van der Waals surface area contributed by atoms with Gasteiger partial charge in [-0.1, -0.05) is 30.7 Å². The third kappa shape index (κ3) is 3.95. The predicted molar refractivity (Wildman–Crippen MR) is 81.9 cm³/mol. The van der Waals surface area contributed by atoms with Crippen LogP contribution in [0.25, 0.3) is 0 Å². The van der Waals surface area contributed by atoms with Gasteiger partial charge in [-0.3, -0.25) is 9.69 Å². The molecule has 1 aromatic rings. The van der Waals surface area contributed by atoms with Crippen molar-refractivity contribution in [3.05, 3.63) is 34.9 Å². The van der Waals surface area contributed by atoms with E-state index in [-0.39, 0.29) is 11.8 Å². The van der Waals surface area contributed by atoms with Gasteiger partial charge in [-0.2, -0.15) is 0 Å². The summed E-state index contributed by atoms with van der Waals surface area (Å²) in [6.07, 6.45) is 0. The Balaban J connectivity index is 2.00. The van der Waals surface area contributed by atoms with E-state index in [9.17, 15) is 4.79 Å². The Hall–Kier alpha value is -1.10. The predicted octanol–water partition coefficient (Wildman–Crippen LogP) is 1.55. The molecule has 0 unspecified atom stereocenters. The molecular formula is C15H22ClN3O. The second kappa shape index (κ2) is 7.07. The quantitative estimate of drug-likeness (QED) is 0.896. The molecule has 20 heavy (non-hydrogen) atoms. The molecule has 5 heteroatoms. The summed E-state index contributed by atoms with van der Waals surface area (Å²) in [5, 5.41) is 0.675. The van der Waals surface area contributed by atoms with Gasteiger partial charge < -0.3 is 10.6 Å². The van der Waals surface area contributed by atoms with Gasteiger partial charge in [0.15, 0.2) is 0 Å². The zero-order valence-corrected chi connectivity index (χ0v) is 12.6. The molecule has 1 aliphatic heterocycles. The van der Waals surface area contributed by atoms with Crippen LogP contribution in [0.1, 0.15) is 18.4 Å². The van der Waals surface area contributed by atoms with Crippen LogP contribution in [-0.2, 0) is 4.79 Å². The zero-order valence-electron chi connectivity index (χ0n) is 11.9. The Labute approximate surface area is 125 Å². The van der Waals surface area contributed by atoms with Crippen molar-refractivity contribution in [1.29, 1.82) is 0 Å². The van der Waals surface area contributed by atoms with Crippen LogP contribution in [0.2, 0.25) is 5.02 Å². The maximum absolute atomic E-state index is 11.7. The number of likely N-dealkylation sites (N-methyl/N-ethyl adjacent to an activating group) is 1. The average molecular weight is 296 g/mol. The van der Waals surface area contributed by atoms with Gasteiger partial charge in [0, 0.05) is 37.7 Å². The molecular weight excluding hydrogens is 274 g/mol. The van der Waals surface area contributed by atoms with Crippen molar-refractivity contribution in [2.75, 3.05) is 39.3 Å². The zero-order chi connectivity index (χ0) is 14.5. The summed E-state index contributed by atoms with van der Waals surface area (Å²) in [5.41, 5.74) is 6.51. The fourth-order valence-corrected chi connectivity index (χ4v) is 2.73. The number of carbonyl (C=O) groups is 1. The number of nitrogens with two attached hydrogens (primary N) is 1. The Kier molecular flexibility index (Phi) is 5.40. The van der Waals surface area contributed by atoms with Crippen LogP contribution in [0.3, 0.4) is 0 Å². The fraction of sp³-hybridized carbons (Fsp3) is 0.533. The van der Waals surface area contributed by atoms with E-state index in [0.717, 1.165) is 38.3 Å². The maximum Gasteiger partial charge on any atom is 0.226 e. The van der Waals surface area contributed by atoms with E-state index in [2.05, 4.69) is 16.7 Å². The van der Waals surface area contributed by atoms with Gasteiger partial charge in [0.2, 0.25) is 5.91 Å². The van der Waals surface area contributed by atoms with E-state index in [1.807, 2.05) is 24.3 Å². The summed E-state index contributed by atoms with van der Waals surface area (Å²) in [5.74, 6) is -0.536. The van der Waals surface area contributed by atoms with Gasteiger partial charge in [-0.25, -0.2) is 0 Å². The lowest BCUT2D eigenvalue weighted by Gasteiger charge is -2.35. The van der Waals surface area contributed by atoms with Gasteiger partial charge in [-0.05, 0) is 24.2 Å². The van der Waals surface area contributed by atoms with Crippen molar-refractivity contribution in [2.45, 2.75) is 12.8 Å². The molecule has 4 nitrogen and oxygen atoms in total. The van der Waals surface area contributed by atoms with E-state index in [1.54, 1.807) is 0 Å². The molecule has 0 aromatic heterocycles. The second-order valence-corrected chi connectivity index (χ2v) is 5.68. The minimum absolute atomic E-state index is 0.263. The van der Waals surface area contributed by atoms with Crippen molar-refractivity contribution in [3.63, 3.8) is 0 Å². The number of hydrogen-bond acceptors (Lipinski definition) is 3. The highest BCUT2D eigenvalue weighted by molar-refractivity contribution is 6.30. The molecule has 0 spiro atoms. The van der Waals surface area contributed by atoms with Gasteiger partial charge >= 0.3 is 0 Å². The number of halogens is 1. The van der Waals surface area contributed by atoms with Crippen LogP contribution in [0.4, 0.5) is 0 Å². The summed E-state index contributed by atoms with van der Waals surface area (Å²) in [6, 6.07) is 7.39. The lowest BCUT2D eigenvalue weighted by molar-refractivity contribution is -0.120. The van der Waals surface area contributed by atoms with Gasteiger partial charge in [0.1, 0.15) is 0 Å². The molecule has 2 rings (SSSR count). The number of hydrogen-bond donors (Lipinski definition) is 1. The summed E-state index contributed by atoms with van der Waals surface area (Å²) in [6.45, 7) is 8.05. The van der Waals surface area contributed by atoms with Crippen LogP contribution >= 0.6 is 11.6 Å². The molecule has 1 fully saturated rings. The monoisotopic (exact) mass is 295 g/mol. The van der Waals surface area contributed by atoms with Crippen LogP contribution in [0, 0.1) is 0 Å². The fourth-order valence-electron chi connectivity index (χ4n) is 2.60. The molecule has 0 aliphatic carbocycles. The average Bonchev–Trinajstić information content (AvgIpc) is 2.46. The highest BCUT2D eigenvalue weighted by atomic mass is 35.5. The van der Waals surface area contributed by atoms with Crippen LogP contribution < -0.4 is 5.73 Å². The molecule has 1 amide bonds. The van der Waals surface area contributed by atoms with Crippen molar-refractivity contribution < 1.29 is 4.79 Å². The summed E-state index contributed by atoms with van der Waals surface area (Å²) in [4.78, 5) is 16.5. The minimum atomic E-state index is -0.273. The van der Waals surface area contributed by atoms with Crippen molar-refractivity contribution >= 4 is 17.5 Å². The lowest BCUT2D eigenvalue weighted by atomic mass is 9.97. The minimum Gasteiger partial charge on any atom is -0.369 e. The van der Waals surface area contributed by atoms with E-state index >= 15 is 0 Å². The molecule has 0 radical (unpaired) electrons. The summed E-state index contributed by atoms with van der Waals surface area (Å²) < 4.78 is 0. The van der Waals surface area contributed by atoms with Crippen LogP contribution in [-0.4, -0.2) is 55.0 Å². The Morgan fingerprint density at radius 3 is 2.25 bits per heavy atom. The molecule has 1 atom stereocenters. The van der Waals surface area contributed by atoms with E-state index in [1.165, 1.54) is 0 Å². The topological polar surface area (TPSA) is 49.6 Å². The normalized spacial score (nSPS) is 18.9.